The second kappa shape index (κ2) is 19.6. The van der Waals surface area contributed by atoms with Crippen LogP contribution in [0.1, 0.15) is 54.2 Å². The van der Waals surface area contributed by atoms with Gasteiger partial charge in [0.05, 0.1) is 26.4 Å². The molecule has 0 spiro atoms. The highest BCUT2D eigenvalue weighted by Gasteiger charge is 2.43. The molecule has 0 aromatic heterocycles. The maximum Gasteiger partial charge on any atom is 0.305 e. The first-order valence-corrected chi connectivity index (χ1v) is 16.7. The third-order valence-corrected chi connectivity index (χ3v) is 8.15. The van der Waals surface area contributed by atoms with E-state index < -0.39 is 42.6 Å². The van der Waals surface area contributed by atoms with Crippen molar-refractivity contribution in [3.05, 3.63) is 144 Å². The van der Waals surface area contributed by atoms with Gasteiger partial charge in [0.15, 0.2) is 6.29 Å². The minimum absolute atomic E-state index is 0.000635. The van der Waals surface area contributed by atoms with Crippen LogP contribution in [-0.4, -0.2) is 54.7 Å². The molecule has 2 unspecified atom stereocenters. The van der Waals surface area contributed by atoms with Crippen molar-refractivity contribution in [2.24, 2.45) is 0 Å². The zero-order valence-corrected chi connectivity index (χ0v) is 27.5. The van der Waals surface area contributed by atoms with Crippen molar-refractivity contribution in [2.45, 2.75) is 76.2 Å². The van der Waals surface area contributed by atoms with Crippen LogP contribution in [0, 0.1) is 0 Å². The molecule has 0 radical (unpaired) electrons. The number of unbranched alkanes of at least 4 members (excludes halogenated alkanes) is 1. The minimum Gasteiger partial charge on any atom is -0.481 e. The Balaban J connectivity index is 1.42. The van der Waals surface area contributed by atoms with Crippen LogP contribution < -0.4 is 0 Å². The topological polar surface area (TPSA) is 110 Å². The van der Waals surface area contributed by atoms with Gasteiger partial charge >= 0.3 is 11.9 Å². The van der Waals surface area contributed by atoms with Crippen molar-refractivity contribution in [2.75, 3.05) is 13.2 Å². The highest BCUT2D eigenvalue weighted by atomic mass is 16.7. The van der Waals surface area contributed by atoms with Gasteiger partial charge in [-0.15, -0.1) is 0 Å². The Morgan fingerprint density at radius 1 is 0.673 bits per heavy atom. The van der Waals surface area contributed by atoms with Gasteiger partial charge < -0.3 is 33.5 Å². The number of esters is 1. The lowest BCUT2D eigenvalue weighted by atomic mass is 10.0. The summed E-state index contributed by atoms with van der Waals surface area (Å²) in [5.74, 6) is -1.33. The molecule has 1 heterocycles. The predicted octanol–water partition coefficient (Wildman–Crippen LogP) is 7.05. The maximum atomic E-state index is 12.9. The van der Waals surface area contributed by atoms with Crippen molar-refractivity contribution in [3.63, 3.8) is 0 Å². The molecule has 0 aliphatic carbocycles. The average molecular weight is 669 g/mol. The van der Waals surface area contributed by atoms with Gasteiger partial charge in [0.25, 0.3) is 0 Å². The molecule has 5 rings (SSSR count). The second-order valence-electron chi connectivity index (χ2n) is 11.9. The molecule has 1 fully saturated rings. The van der Waals surface area contributed by atoms with Crippen LogP contribution in [0.2, 0.25) is 0 Å². The summed E-state index contributed by atoms with van der Waals surface area (Å²) in [5, 5.41) is 8.96. The fourth-order valence-electron chi connectivity index (χ4n) is 5.55. The Morgan fingerprint density at radius 3 is 1.76 bits per heavy atom. The first-order valence-electron chi connectivity index (χ1n) is 16.7. The van der Waals surface area contributed by atoms with Crippen LogP contribution in [0.3, 0.4) is 0 Å². The summed E-state index contributed by atoms with van der Waals surface area (Å²) in [7, 11) is 0. The molecule has 0 bridgehead atoms. The zero-order valence-electron chi connectivity index (χ0n) is 27.5. The first-order chi connectivity index (χ1) is 24.0. The van der Waals surface area contributed by atoms with Crippen LogP contribution in [-0.2, 0) is 57.8 Å². The minimum atomic E-state index is -0.893. The van der Waals surface area contributed by atoms with Gasteiger partial charge in [0, 0.05) is 18.4 Å². The summed E-state index contributed by atoms with van der Waals surface area (Å²) in [6.07, 6.45) is -2.43. The maximum absolute atomic E-state index is 12.9. The first kappa shape index (κ1) is 35.9. The number of hydrogen-bond donors (Lipinski definition) is 1. The van der Waals surface area contributed by atoms with Crippen molar-refractivity contribution in [1.29, 1.82) is 0 Å². The molecular weight excluding hydrogens is 624 g/mol. The van der Waals surface area contributed by atoms with E-state index in [2.05, 4.69) is 0 Å². The summed E-state index contributed by atoms with van der Waals surface area (Å²) in [5.41, 5.74) is 3.77. The average Bonchev–Trinajstić information content (AvgIpc) is 3.63. The molecule has 49 heavy (non-hydrogen) atoms. The molecule has 1 aliphatic rings. The van der Waals surface area contributed by atoms with Crippen molar-refractivity contribution in [3.8, 4) is 0 Å². The number of carboxylic acid groups (broad SMARTS) is 1. The third kappa shape index (κ3) is 11.9. The number of aliphatic carboxylic acids is 1. The van der Waals surface area contributed by atoms with Crippen LogP contribution in [0.4, 0.5) is 0 Å². The number of hydrogen-bond acceptors (Lipinski definition) is 8. The quantitative estimate of drug-likeness (QED) is 0.0783. The highest BCUT2D eigenvalue weighted by molar-refractivity contribution is 5.69. The SMILES string of the molecule is O=C(O)CCCCC(=O)OC[C@@H](OCc1ccccc1)[C@@H](OCc1ccccc1)[C@H](OCc1ccccc1)C1COC(c2ccccc2)O1. The fourth-order valence-corrected chi connectivity index (χ4v) is 5.55. The lowest BCUT2D eigenvalue weighted by molar-refractivity contribution is -0.197. The monoisotopic (exact) mass is 668 g/mol. The Labute approximate surface area is 287 Å². The summed E-state index contributed by atoms with van der Waals surface area (Å²) in [4.78, 5) is 23.8. The van der Waals surface area contributed by atoms with Crippen molar-refractivity contribution in [1.82, 2.24) is 0 Å². The van der Waals surface area contributed by atoms with Crippen LogP contribution in [0.15, 0.2) is 121 Å². The molecule has 1 N–H and O–H groups in total. The molecule has 5 atom stereocenters. The second-order valence-corrected chi connectivity index (χ2v) is 11.9. The Kier molecular flexibility index (Phi) is 14.3. The lowest BCUT2D eigenvalue weighted by Crippen LogP contribution is -2.51. The third-order valence-electron chi connectivity index (χ3n) is 8.15. The molecule has 1 aliphatic heterocycles. The van der Waals surface area contributed by atoms with Crippen molar-refractivity contribution < 1.29 is 43.1 Å². The normalized spacial score (nSPS) is 17.6. The van der Waals surface area contributed by atoms with Gasteiger partial charge in [-0.2, -0.15) is 0 Å². The van der Waals surface area contributed by atoms with Gasteiger partial charge in [-0.05, 0) is 29.5 Å². The molecule has 4 aromatic rings. The van der Waals surface area contributed by atoms with Crippen LogP contribution in [0.5, 0.6) is 0 Å². The van der Waals surface area contributed by atoms with Crippen LogP contribution in [0.25, 0.3) is 0 Å². The molecule has 9 nitrogen and oxygen atoms in total. The van der Waals surface area contributed by atoms with E-state index in [0.29, 0.717) is 12.8 Å². The van der Waals surface area contributed by atoms with E-state index in [1.807, 2.05) is 121 Å². The number of benzene rings is 4. The van der Waals surface area contributed by atoms with E-state index in [1.54, 1.807) is 0 Å². The van der Waals surface area contributed by atoms with E-state index in [-0.39, 0.29) is 45.9 Å². The lowest BCUT2D eigenvalue weighted by Gasteiger charge is -2.35. The van der Waals surface area contributed by atoms with Gasteiger partial charge in [0.2, 0.25) is 0 Å². The van der Waals surface area contributed by atoms with Gasteiger partial charge in [-0.3, -0.25) is 9.59 Å². The highest BCUT2D eigenvalue weighted by Crippen LogP contribution is 2.32. The molecular formula is C40H44O9. The van der Waals surface area contributed by atoms with Gasteiger partial charge in [-0.1, -0.05) is 121 Å². The molecule has 4 aromatic carbocycles. The largest absolute Gasteiger partial charge is 0.481 e. The van der Waals surface area contributed by atoms with Crippen molar-refractivity contribution >= 4 is 11.9 Å². The fraction of sp³-hybridized carbons (Fsp3) is 0.350. The van der Waals surface area contributed by atoms with Gasteiger partial charge in [0.1, 0.15) is 31.0 Å². The molecule has 9 heteroatoms. The Hall–Kier alpha value is -4.38. The van der Waals surface area contributed by atoms with E-state index in [9.17, 15) is 9.59 Å². The molecule has 0 amide bonds. The molecule has 1 saturated heterocycles. The molecule has 258 valence electrons. The summed E-state index contributed by atoms with van der Waals surface area (Å²) < 4.78 is 38.4. The van der Waals surface area contributed by atoms with E-state index in [0.717, 1.165) is 22.3 Å². The Morgan fingerprint density at radius 2 is 1.18 bits per heavy atom. The number of carboxylic acids is 1. The smallest absolute Gasteiger partial charge is 0.305 e. The number of ether oxygens (including phenoxy) is 6. The van der Waals surface area contributed by atoms with E-state index >= 15 is 0 Å². The van der Waals surface area contributed by atoms with Crippen LogP contribution >= 0.6 is 0 Å². The number of carbonyl (C=O) groups excluding carboxylic acids is 1. The predicted molar refractivity (Wildman–Crippen MR) is 182 cm³/mol. The summed E-state index contributed by atoms with van der Waals surface area (Å²) in [6, 6.07) is 39.1. The zero-order chi connectivity index (χ0) is 34.1. The standard InChI is InChI=1S/C40H44O9/c41-36(42)23-13-14-24-37(43)45-28-34(44-25-30-15-5-1-6-16-30)38(46-26-31-17-7-2-8-18-31)39(47-27-32-19-9-3-10-20-32)35-29-48-40(49-35)33-21-11-4-12-22-33/h1-12,15-22,34-35,38-40H,13-14,23-29H2,(H,41,42)/t34-,35?,38-,39-,40?/m1/s1. The van der Waals surface area contributed by atoms with E-state index in [4.69, 9.17) is 33.5 Å². The van der Waals surface area contributed by atoms with E-state index in [1.165, 1.54) is 0 Å². The van der Waals surface area contributed by atoms with Gasteiger partial charge in [-0.25, -0.2) is 0 Å². The Bertz CT molecular complexity index is 1520. The summed E-state index contributed by atoms with van der Waals surface area (Å²) >= 11 is 0. The summed E-state index contributed by atoms with van der Waals surface area (Å²) in [6.45, 7) is 0.916. The number of carbonyl (C=O) groups is 2. The molecule has 0 saturated carbocycles. The number of rotatable bonds is 20.